The first-order valence-electron chi connectivity index (χ1n) is 8.25. The van der Waals surface area contributed by atoms with Gasteiger partial charge in [0.1, 0.15) is 11.7 Å². The fourth-order valence-corrected chi connectivity index (χ4v) is 2.40. The molecule has 0 fully saturated rings. The largest absolute Gasteiger partial charge is 0.352 e. The first-order chi connectivity index (χ1) is 10.2. The molecule has 0 saturated carbocycles. The van der Waals surface area contributed by atoms with Gasteiger partial charge in [-0.05, 0) is 25.8 Å². The van der Waals surface area contributed by atoms with E-state index in [0.29, 0.717) is 25.8 Å². The van der Waals surface area contributed by atoms with Crippen LogP contribution >= 0.6 is 0 Å². The quantitative estimate of drug-likeness (QED) is 0.222. The number of carbonyl (C=O) groups is 2. The number of hydrogen-bond acceptors (Lipinski definition) is 5. The van der Waals surface area contributed by atoms with Crippen LogP contribution in [0.4, 0.5) is 0 Å². The predicted octanol–water partition coefficient (Wildman–Crippen LogP) is 3.46. The highest BCUT2D eigenvalue weighted by atomic mass is 17.1. The van der Waals surface area contributed by atoms with Gasteiger partial charge in [0.25, 0.3) is 0 Å². The Morgan fingerprint density at radius 1 is 1.00 bits per heavy atom. The topological polar surface area (TPSA) is 89.6 Å². The fourth-order valence-electron chi connectivity index (χ4n) is 2.40. The summed E-state index contributed by atoms with van der Waals surface area (Å²) in [4.78, 5) is 27.2. The van der Waals surface area contributed by atoms with Crippen molar-refractivity contribution in [2.45, 2.75) is 77.6 Å². The molecule has 1 atom stereocenters. The zero-order chi connectivity index (χ0) is 15.9. The Hall–Kier alpha value is -0.940. The summed E-state index contributed by atoms with van der Waals surface area (Å²) in [7, 11) is 0. The zero-order valence-electron chi connectivity index (χ0n) is 13.3. The van der Waals surface area contributed by atoms with Gasteiger partial charge in [-0.15, -0.1) is 0 Å². The second-order valence-corrected chi connectivity index (χ2v) is 5.58. The number of unbranched alkanes of at least 4 members (excludes halogenated alkanes) is 7. The minimum Gasteiger partial charge on any atom is -0.330 e. The maximum absolute atomic E-state index is 12.0. The molecule has 0 aromatic carbocycles. The molecule has 0 amide bonds. The Labute approximate surface area is 128 Å². The summed E-state index contributed by atoms with van der Waals surface area (Å²) in [5, 5.41) is 8.48. The lowest BCUT2D eigenvalue weighted by atomic mass is 9.93. The summed E-state index contributed by atoms with van der Waals surface area (Å²) in [6.07, 6.45) is 10.2. The van der Waals surface area contributed by atoms with E-state index in [1.807, 2.05) is 0 Å². The van der Waals surface area contributed by atoms with Crippen molar-refractivity contribution in [2.24, 2.45) is 11.7 Å². The Morgan fingerprint density at radius 2 is 1.62 bits per heavy atom. The molecule has 0 aliphatic carbocycles. The van der Waals surface area contributed by atoms with Crippen LogP contribution in [0.1, 0.15) is 77.6 Å². The monoisotopic (exact) mass is 301 g/mol. The third-order valence-corrected chi connectivity index (χ3v) is 3.74. The number of rotatable bonds is 14. The van der Waals surface area contributed by atoms with Crippen LogP contribution in [0.5, 0.6) is 0 Å². The van der Waals surface area contributed by atoms with E-state index < -0.39 is 11.9 Å². The van der Waals surface area contributed by atoms with Gasteiger partial charge in [0.2, 0.25) is 0 Å². The van der Waals surface area contributed by atoms with Crippen LogP contribution in [0.2, 0.25) is 0 Å². The van der Waals surface area contributed by atoms with Gasteiger partial charge >= 0.3 is 5.97 Å². The molecule has 0 aromatic heterocycles. The van der Waals surface area contributed by atoms with Crippen LogP contribution in [-0.4, -0.2) is 23.6 Å². The molecule has 3 N–H and O–H groups in total. The average Bonchev–Trinajstić information content (AvgIpc) is 2.49. The summed E-state index contributed by atoms with van der Waals surface area (Å²) >= 11 is 0. The van der Waals surface area contributed by atoms with Crippen molar-refractivity contribution in [3.05, 3.63) is 0 Å². The Kier molecular flexibility index (Phi) is 13.4. The Bertz CT molecular complexity index is 281. The lowest BCUT2D eigenvalue weighted by Crippen LogP contribution is -2.25. The molecule has 1 unspecified atom stereocenters. The van der Waals surface area contributed by atoms with Crippen molar-refractivity contribution in [2.75, 3.05) is 6.54 Å². The highest BCUT2D eigenvalue weighted by Crippen LogP contribution is 2.16. The summed E-state index contributed by atoms with van der Waals surface area (Å²) < 4.78 is 0. The van der Waals surface area contributed by atoms with E-state index in [1.165, 1.54) is 25.7 Å². The molecule has 0 saturated heterocycles. The van der Waals surface area contributed by atoms with E-state index in [4.69, 9.17) is 11.0 Å². The van der Waals surface area contributed by atoms with Crippen molar-refractivity contribution in [3.63, 3.8) is 0 Å². The van der Waals surface area contributed by atoms with E-state index in [9.17, 15) is 9.59 Å². The summed E-state index contributed by atoms with van der Waals surface area (Å²) in [5.41, 5.74) is 5.40. The van der Waals surface area contributed by atoms with Crippen LogP contribution in [0.15, 0.2) is 0 Å². The average molecular weight is 301 g/mol. The van der Waals surface area contributed by atoms with Gasteiger partial charge in [0.15, 0.2) is 0 Å². The maximum Gasteiger partial charge on any atom is 0.352 e. The lowest BCUT2D eigenvalue weighted by molar-refractivity contribution is -0.238. The van der Waals surface area contributed by atoms with Crippen molar-refractivity contribution in [1.82, 2.24) is 0 Å². The summed E-state index contributed by atoms with van der Waals surface area (Å²) in [5.74, 6) is -1.79. The van der Waals surface area contributed by atoms with E-state index >= 15 is 0 Å². The van der Waals surface area contributed by atoms with E-state index in [0.717, 1.165) is 25.7 Å². The number of carbonyl (C=O) groups excluding carboxylic acids is 2. The number of Topliss-reactive ketones (excluding diaryl/α,β-unsaturated/α-hetero) is 1. The van der Waals surface area contributed by atoms with Gasteiger partial charge < -0.3 is 10.6 Å². The molecular weight excluding hydrogens is 270 g/mol. The molecule has 124 valence electrons. The van der Waals surface area contributed by atoms with Gasteiger partial charge in [-0.25, -0.2) is 4.79 Å². The maximum atomic E-state index is 12.0. The number of nitrogens with two attached hydrogens (primary N) is 1. The molecule has 0 spiro atoms. The highest BCUT2D eigenvalue weighted by Gasteiger charge is 2.27. The standard InChI is InChI=1S/C16H31NO4/c1-2-3-4-5-6-7-8-12-15(18)14(16(19)21-20)11-9-10-13-17/h14,20H,2-13,17H2,1H3. The van der Waals surface area contributed by atoms with Crippen LogP contribution in [-0.2, 0) is 14.5 Å². The molecule has 5 nitrogen and oxygen atoms in total. The normalized spacial score (nSPS) is 12.1. The zero-order valence-corrected chi connectivity index (χ0v) is 13.3. The third kappa shape index (κ3) is 10.4. The molecule has 0 heterocycles. The van der Waals surface area contributed by atoms with E-state index in [1.54, 1.807) is 0 Å². The van der Waals surface area contributed by atoms with E-state index in [2.05, 4.69) is 11.8 Å². The van der Waals surface area contributed by atoms with Gasteiger partial charge in [0.05, 0.1) is 0 Å². The smallest absolute Gasteiger partial charge is 0.330 e. The van der Waals surface area contributed by atoms with Crippen LogP contribution < -0.4 is 5.73 Å². The molecular formula is C16H31NO4. The molecule has 5 heteroatoms. The first kappa shape index (κ1) is 20.1. The number of hydrogen-bond donors (Lipinski definition) is 2. The van der Waals surface area contributed by atoms with Crippen LogP contribution in [0.3, 0.4) is 0 Å². The van der Waals surface area contributed by atoms with Crippen LogP contribution in [0, 0.1) is 5.92 Å². The number of ketones is 1. The van der Waals surface area contributed by atoms with Gasteiger partial charge in [-0.1, -0.05) is 51.9 Å². The second-order valence-electron chi connectivity index (χ2n) is 5.58. The van der Waals surface area contributed by atoms with Crippen molar-refractivity contribution in [1.29, 1.82) is 0 Å². The fraction of sp³-hybridized carbons (Fsp3) is 0.875. The van der Waals surface area contributed by atoms with E-state index in [-0.39, 0.29) is 5.78 Å². The van der Waals surface area contributed by atoms with Gasteiger partial charge in [-0.2, -0.15) is 5.26 Å². The molecule has 0 bridgehead atoms. The van der Waals surface area contributed by atoms with Crippen molar-refractivity contribution < 1.29 is 19.7 Å². The highest BCUT2D eigenvalue weighted by molar-refractivity contribution is 5.98. The third-order valence-electron chi connectivity index (χ3n) is 3.74. The second kappa shape index (κ2) is 14.0. The van der Waals surface area contributed by atoms with Gasteiger partial charge in [0, 0.05) is 6.42 Å². The summed E-state index contributed by atoms with van der Waals surface area (Å²) in [6, 6.07) is 0. The molecule has 21 heavy (non-hydrogen) atoms. The molecule has 0 aromatic rings. The SMILES string of the molecule is CCCCCCCCCC(=O)C(CCCCN)C(=O)OO. The molecule has 0 aliphatic rings. The van der Waals surface area contributed by atoms with Crippen molar-refractivity contribution in [3.8, 4) is 0 Å². The molecule has 0 radical (unpaired) electrons. The van der Waals surface area contributed by atoms with Crippen LogP contribution in [0.25, 0.3) is 0 Å². The minimum atomic E-state index is -0.833. The first-order valence-corrected chi connectivity index (χ1v) is 8.25. The molecule has 0 rings (SSSR count). The lowest BCUT2D eigenvalue weighted by Gasteiger charge is -2.12. The Morgan fingerprint density at radius 3 is 2.19 bits per heavy atom. The Balaban J connectivity index is 3.91. The predicted molar refractivity (Wildman–Crippen MR) is 82.7 cm³/mol. The molecule has 0 aliphatic heterocycles. The van der Waals surface area contributed by atoms with Gasteiger partial charge in [-0.3, -0.25) is 4.79 Å². The minimum absolute atomic E-state index is 0.125. The van der Waals surface area contributed by atoms with Crippen molar-refractivity contribution >= 4 is 11.8 Å². The summed E-state index contributed by atoms with van der Waals surface area (Å²) in [6.45, 7) is 2.72.